The number of rotatable bonds is 7. The second-order valence-corrected chi connectivity index (χ2v) is 5.41. The fourth-order valence-corrected chi connectivity index (χ4v) is 2.64. The van der Waals surface area contributed by atoms with Gasteiger partial charge in [0.2, 0.25) is 0 Å². The molecule has 0 bridgehead atoms. The SMILES string of the molecule is CCC1CCC(N(CCN(C)C)CC(=O)O)C1. The summed E-state index contributed by atoms with van der Waals surface area (Å²) in [5, 5.41) is 8.98. The summed E-state index contributed by atoms with van der Waals surface area (Å²) in [7, 11) is 4.06. The molecule has 0 heterocycles. The molecule has 100 valence electrons. The van der Waals surface area contributed by atoms with Crippen molar-refractivity contribution in [2.24, 2.45) is 5.92 Å². The van der Waals surface area contributed by atoms with E-state index in [9.17, 15) is 4.79 Å². The molecule has 0 aromatic carbocycles. The van der Waals surface area contributed by atoms with Crippen LogP contribution in [0.3, 0.4) is 0 Å². The van der Waals surface area contributed by atoms with Gasteiger partial charge in [0.05, 0.1) is 6.54 Å². The number of hydrogen-bond donors (Lipinski definition) is 1. The Labute approximate surface area is 105 Å². The summed E-state index contributed by atoms with van der Waals surface area (Å²) in [5.41, 5.74) is 0. The monoisotopic (exact) mass is 242 g/mol. The van der Waals surface area contributed by atoms with Gasteiger partial charge in [-0.1, -0.05) is 13.3 Å². The van der Waals surface area contributed by atoms with Crippen LogP contribution >= 0.6 is 0 Å². The van der Waals surface area contributed by atoms with Crippen molar-refractivity contribution >= 4 is 5.97 Å². The lowest BCUT2D eigenvalue weighted by Crippen LogP contribution is -2.41. The Kier molecular flexibility index (Phi) is 5.92. The van der Waals surface area contributed by atoms with E-state index in [0.29, 0.717) is 6.04 Å². The van der Waals surface area contributed by atoms with Crippen LogP contribution < -0.4 is 0 Å². The second-order valence-electron chi connectivity index (χ2n) is 5.41. The van der Waals surface area contributed by atoms with E-state index in [1.54, 1.807) is 0 Å². The minimum Gasteiger partial charge on any atom is -0.480 e. The van der Waals surface area contributed by atoms with Crippen LogP contribution in [0.15, 0.2) is 0 Å². The largest absolute Gasteiger partial charge is 0.480 e. The summed E-state index contributed by atoms with van der Waals surface area (Å²) >= 11 is 0. The molecule has 0 aliphatic heterocycles. The number of carbonyl (C=O) groups is 1. The third-order valence-electron chi connectivity index (χ3n) is 3.78. The summed E-state index contributed by atoms with van der Waals surface area (Å²) in [6, 6.07) is 0.482. The van der Waals surface area contributed by atoms with Crippen LogP contribution in [0.4, 0.5) is 0 Å². The molecule has 0 radical (unpaired) electrons. The van der Waals surface area contributed by atoms with E-state index in [0.717, 1.165) is 19.0 Å². The summed E-state index contributed by atoms with van der Waals surface area (Å²) < 4.78 is 0. The van der Waals surface area contributed by atoms with E-state index < -0.39 is 5.97 Å². The van der Waals surface area contributed by atoms with E-state index in [2.05, 4.69) is 16.7 Å². The minimum atomic E-state index is -0.705. The fourth-order valence-electron chi connectivity index (χ4n) is 2.64. The van der Waals surface area contributed by atoms with Gasteiger partial charge in [0.15, 0.2) is 0 Å². The summed E-state index contributed by atoms with van der Waals surface area (Å²) in [6.07, 6.45) is 4.83. The molecule has 0 saturated heterocycles. The first-order chi connectivity index (χ1) is 8.02. The topological polar surface area (TPSA) is 43.8 Å². The molecule has 1 rings (SSSR count). The van der Waals surface area contributed by atoms with E-state index >= 15 is 0 Å². The van der Waals surface area contributed by atoms with Crippen LogP contribution in [0.1, 0.15) is 32.6 Å². The minimum absolute atomic E-state index is 0.189. The van der Waals surface area contributed by atoms with Crippen molar-refractivity contribution < 1.29 is 9.90 Å². The molecule has 2 unspecified atom stereocenters. The highest BCUT2D eigenvalue weighted by Gasteiger charge is 2.29. The van der Waals surface area contributed by atoms with Gasteiger partial charge in [0.1, 0.15) is 0 Å². The average molecular weight is 242 g/mol. The molecular weight excluding hydrogens is 216 g/mol. The van der Waals surface area contributed by atoms with E-state index in [4.69, 9.17) is 5.11 Å². The Hall–Kier alpha value is -0.610. The predicted octanol–water partition coefficient (Wildman–Crippen LogP) is 1.51. The van der Waals surface area contributed by atoms with E-state index in [1.807, 2.05) is 14.1 Å². The van der Waals surface area contributed by atoms with Crippen LogP contribution in [0.5, 0.6) is 0 Å². The third-order valence-corrected chi connectivity index (χ3v) is 3.78. The van der Waals surface area contributed by atoms with Gasteiger partial charge in [-0.15, -0.1) is 0 Å². The van der Waals surface area contributed by atoms with Crippen LogP contribution in [0.25, 0.3) is 0 Å². The quantitative estimate of drug-likeness (QED) is 0.735. The maximum absolute atomic E-state index is 10.9. The van der Waals surface area contributed by atoms with Crippen LogP contribution in [0.2, 0.25) is 0 Å². The van der Waals surface area contributed by atoms with Gasteiger partial charge >= 0.3 is 5.97 Å². The lowest BCUT2D eigenvalue weighted by Gasteiger charge is -2.28. The number of carboxylic acids is 1. The maximum Gasteiger partial charge on any atom is 0.317 e. The first-order valence-electron chi connectivity index (χ1n) is 6.63. The van der Waals surface area contributed by atoms with Crippen LogP contribution in [-0.2, 0) is 4.79 Å². The number of hydrogen-bond acceptors (Lipinski definition) is 3. The molecule has 0 amide bonds. The van der Waals surface area contributed by atoms with Crippen molar-refractivity contribution in [1.82, 2.24) is 9.80 Å². The molecule has 0 aromatic heterocycles. The first kappa shape index (κ1) is 14.5. The molecule has 0 spiro atoms. The van der Waals surface area contributed by atoms with Crippen molar-refractivity contribution in [2.45, 2.75) is 38.6 Å². The number of aliphatic carboxylic acids is 1. The molecule has 4 heteroatoms. The molecule has 1 aliphatic rings. The summed E-state index contributed by atoms with van der Waals surface area (Å²) in [5.74, 6) is 0.0966. The van der Waals surface area contributed by atoms with E-state index in [1.165, 1.54) is 25.7 Å². The molecule has 1 saturated carbocycles. The smallest absolute Gasteiger partial charge is 0.317 e. The molecule has 1 aliphatic carbocycles. The summed E-state index contributed by atoms with van der Waals surface area (Å²) in [4.78, 5) is 15.2. The van der Waals surface area contributed by atoms with Gasteiger partial charge in [-0.3, -0.25) is 9.69 Å². The first-order valence-corrected chi connectivity index (χ1v) is 6.63. The zero-order valence-electron chi connectivity index (χ0n) is 11.4. The summed E-state index contributed by atoms with van der Waals surface area (Å²) in [6.45, 7) is 4.21. The van der Waals surface area contributed by atoms with Crippen LogP contribution in [-0.4, -0.2) is 60.6 Å². The lowest BCUT2D eigenvalue weighted by molar-refractivity contribution is -0.139. The van der Waals surface area contributed by atoms with Crippen molar-refractivity contribution in [3.8, 4) is 0 Å². The highest BCUT2D eigenvalue weighted by molar-refractivity contribution is 5.69. The Balaban J connectivity index is 2.47. The average Bonchev–Trinajstić information content (AvgIpc) is 2.71. The fraction of sp³-hybridized carbons (Fsp3) is 0.923. The molecule has 1 fully saturated rings. The highest BCUT2D eigenvalue weighted by atomic mass is 16.4. The molecule has 17 heavy (non-hydrogen) atoms. The standard InChI is InChI=1S/C13H26N2O2/c1-4-11-5-6-12(9-11)15(10-13(16)17)8-7-14(2)3/h11-12H,4-10H2,1-3H3,(H,16,17). The number of nitrogens with zero attached hydrogens (tertiary/aromatic N) is 2. The Morgan fingerprint density at radius 1 is 1.29 bits per heavy atom. The molecular formula is C13H26N2O2. The van der Waals surface area contributed by atoms with Gasteiger partial charge < -0.3 is 10.0 Å². The van der Waals surface area contributed by atoms with Crippen molar-refractivity contribution in [3.05, 3.63) is 0 Å². The van der Waals surface area contributed by atoms with Crippen molar-refractivity contribution in [3.63, 3.8) is 0 Å². The normalized spacial score (nSPS) is 24.8. The van der Waals surface area contributed by atoms with Gasteiger partial charge in [-0.25, -0.2) is 0 Å². The van der Waals surface area contributed by atoms with Gasteiger partial charge in [0, 0.05) is 19.1 Å². The van der Waals surface area contributed by atoms with Crippen molar-refractivity contribution in [1.29, 1.82) is 0 Å². The molecule has 0 aromatic rings. The lowest BCUT2D eigenvalue weighted by atomic mass is 10.1. The Bertz CT molecular complexity index is 244. The van der Waals surface area contributed by atoms with Crippen LogP contribution in [0, 0.1) is 5.92 Å². The Morgan fingerprint density at radius 3 is 2.47 bits per heavy atom. The predicted molar refractivity (Wildman–Crippen MR) is 69.2 cm³/mol. The highest BCUT2D eigenvalue weighted by Crippen LogP contribution is 2.31. The molecule has 2 atom stereocenters. The number of likely N-dealkylation sites (N-methyl/N-ethyl adjacent to an activating group) is 1. The van der Waals surface area contributed by atoms with Gasteiger partial charge in [-0.05, 0) is 39.3 Å². The third kappa shape index (κ3) is 5.04. The van der Waals surface area contributed by atoms with Gasteiger partial charge in [-0.2, -0.15) is 0 Å². The van der Waals surface area contributed by atoms with Crippen molar-refractivity contribution in [2.75, 3.05) is 33.7 Å². The molecule has 1 N–H and O–H groups in total. The zero-order chi connectivity index (χ0) is 12.8. The second kappa shape index (κ2) is 6.97. The number of carboxylic acid groups (broad SMARTS) is 1. The molecule has 4 nitrogen and oxygen atoms in total. The van der Waals surface area contributed by atoms with Gasteiger partial charge in [0.25, 0.3) is 0 Å². The van der Waals surface area contributed by atoms with E-state index in [-0.39, 0.29) is 6.54 Å². The zero-order valence-corrected chi connectivity index (χ0v) is 11.4. The Morgan fingerprint density at radius 2 is 2.00 bits per heavy atom. The maximum atomic E-state index is 10.9.